The van der Waals surface area contributed by atoms with Crippen molar-refractivity contribution in [1.82, 2.24) is 15.1 Å². The normalized spacial score (nSPS) is 15.9. The van der Waals surface area contributed by atoms with Crippen LogP contribution in [-0.2, 0) is 0 Å². The van der Waals surface area contributed by atoms with E-state index >= 15 is 0 Å². The Bertz CT molecular complexity index is 1240. The Hall–Kier alpha value is -3.03. The highest BCUT2D eigenvalue weighted by Crippen LogP contribution is 2.38. The fourth-order valence-corrected chi connectivity index (χ4v) is 4.97. The van der Waals surface area contributed by atoms with Crippen LogP contribution in [0.3, 0.4) is 0 Å². The molecule has 1 heterocycles. The van der Waals surface area contributed by atoms with Gasteiger partial charge in [0.15, 0.2) is 0 Å². The number of anilines is 1. The third-order valence-electron chi connectivity index (χ3n) is 6.33. The molecule has 2 aromatic carbocycles. The number of benzene rings is 2. The minimum absolute atomic E-state index is 0.0618. The molecular formula is C25H24Cl2N4O3. The molecule has 1 aromatic heterocycles. The van der Waals surface area contributed by atoms with Crippen molar-refractivity contribution in [3.8, 4) is 17.0 Å². The Morgan fingerprint density at radius 3 is 2.35 bits per heavy atom. The second-order valence-corrected chi connectivity index (χ2v) is 9.67. The first-order valence-corrected chi connectivity index (χ1v) is 12.2. The zero-order valence-electron chi connectivity index (χ0n) is 18.4. The Balaban J connectivity index is 1.41. The van der Waals surface area contributed by atoms with Crippen molar-refractivity contribution >= 4 is 40.8 Å². The van der Waals surface area contributed by atoms with Crippen LogP contribution >= 0.6 is 23.2 Å². The lowest BCUT2D eigenvalue weighted by molar-refractivity contribution is 0.102. The van der Waals surface area contributed by atoms with Crippen LogP contribution in [-0.4, -0.2) is 32.9 Å². The molecule has 7 nitrogen and oxygen atoms in total. The van der Waals surface area contributed by atoms with Crippen molar-refractivity contribution in [2.24, 2.45) is 0 Å². The summed E-state index contributed by atoms with van der Waals surface area (Å²) in [6.07, 6.45) is 6.28. The van der Waals surface area contributed by atoms with E-state index in [0.717, 1.165) is 44.2 Å². The molecule has 2 amide bonds. The van der Waals surface area contributed by atoms with Crippen molar-refractivity contribution in [2.75, 3.05) is 5.32 Å². The average Bonchev–Trinajstić information content (AvgIpc) is 3.26. The first-order valence-electron chi connectivity index (χ1n) is 11.4. The highest BCUT2D eigenvalue weighted by Gasteiger charge is 2.29. The monoisotopic (exact) mass is 498 g/mol. The number of amides is 2. The number of carbonyl (C=O) groups excluding carboxylic acids is 2. The van der Waals surface area contributed by atoms with Crippen molar-refractivity contribution < 1.29 is 14.7 Å². The predicted octanol–water partition coefficient (Wildman–Crippen LogP) is 6.19. The van der Waals surface area contributed by atoms with E-state index in [9.17, 15) is 14.7 Å². The number of halogens is 2. The minimum atomic E-state index is -0.479. The first-order chi connectivity index (χ1) is 16.4. The molecule has 34 heavy (non-hydrogen) atoms. The zero-order chi connectivity index (χ0) is 23.8. The largest absolute Gasteiger partial charge is 0.507 e. The zero-order valence-corrected chi connectivity index (χ0v) is 19.9. The Kier molecular flexibility index (Phi) is 6.23. The van der Waals surface area contributed by atoms with Crippen LogP contribution in [0.15, 0.2) is 42.5 Å². The number of nitrogens with one attached hydrogen (secondary N) is 2. The maximum Gasteiger partial charge on any atom is 0.342 e. The molecule has 3 N–H and O–H groups in total. The number of rotatable bonds is 5. The van der Waals surface area contributed by atoms with Crippen molar-refractivity contribution in [3.63, 3.8) is 0 Å². The summed E-state index contributed by atoms with van der Waals surface area (Å²) >= 11 is 12.2. The summed E-state index contributed by atoms with van der Waals surface area (Å²) in [6.45, 7) is 0. The van der Waals surface area contributed by atoms with Crippen LogP contribution in [0.5, 0.6) is 5.75 Å². The number of carbonyl (C=O) groups is 2. The molecule has 0 bridgehead atoms. The lowest BCUT2D eigenvalue weighted by atomic mass is 10.0. The van der Waals surface area contributed by atoms with Crippen LogP contribution < -0.4 is 10.6 Å². The SMILES string of the molecule is O=C(Nc1ccc(-c2cc(C3CCCC3)n(C(=O)NC3CC3)n2)c(O)c1)c1c(Cl)cccc1Cl. The van der Waals surface area contributed by atoms with Crippen LogP contribution in [0.4, 0.5) is 10.5 Å². The van der Waals surface area contributed by atoms with Gasteiger partial charge in [0, 0.05) is 29.3 Å². The van der Waals surface area contributed by atoms with Gasteiger partial charge in [-0.3, -0.25) is 4.79 Å². The molecule has 0 aliphatic heterocycles. The maximum atomic E-state index is 12.8. The number of phenolic OH excluding ortho intramolecular Hbond substituents is 1. The molecule has 3 aromatic rings. The smallest absolute Gasteiger partial charge is 0.342 e. The fraction of sp³-hybridized carbons (Fsp3) is 0.320. The standard InChI is InChI=1S/C25H24Cl2N4O3/c26-18-6-3-7-19(27)23(18)24(33)28-16-10-11-17(22(32)12-16)20-13-21(14-4-1-2-5-14)31(30-20)25(34)29-15-8-9-15/h3,6-7,10-15,32H,1-2,4-5,8-9H2,(H,28,33)(H,29,34). The van der Waals surface area contributed by atoms with E-state index in [2.05, 4.69) is 15.7 Å². The average molecular weight is 499 g/mol. The van der Waals surface area contributed by atoms with Crippen LogP contribution in [0.25, 0.3) is 11.3 Å². The van der Waals surface area contributed by atoms with Gasteiger partial charge in [-0.15, -0.1) is 0 Å². The molecule has 0 saturated heterocycles. The lowest BCUT2D eigenvalue weighted by Crippen LogP contribution is -2.32. The van der Waals surface area contributed by atoms with E-state index < -0.39 is 5.91 Å². The summed E-state index contributed by atoms with van der Waals surface area (Å²) in [7, 11) is 0. The Morgan fingerprint density at radius 1 is 1.00 bits per heavy atom. The van der Waals surface area contributed by atoms with E-state index in [0.29, 0.717) is 16.9 Å². The number of hydrogen-bond acceptors (Lipinski definition) is 4. The first kappa shape index (κ1) is 22.7. The van der Waals surface area contributed by atoms with E-state index in [1.165, 1.54) is 10.7 Å². The van der Waals surface area contributed by atoms with Gasteiger partial charge in [-0.25, -0.2) is 4.79 Å². The van der Waals surface area contributed by atoms with Crippen LogP contribution in [0, 0.1) is 0 Å². The predicted molar refractivity (Wildman–Crippen MR) is 132 cm³/mol. The van der Waals surface area contributed by atoms with Gasteiger partial charge in [-0.1, -0.05) is 42.1 Å². The van der Waals surface area contributed by atoms with Crippen molar-refractivity contribution in [2.45, 2.75) is 50.5 Å². The van der Waals surface area contributed by atoms with Gasteiger partial charge in [-0.05, 0) is 56.0 Å². The number of aromatic hydroxyl groups is 1. The van der Waals surface area contributed by atoms with Gasteiger partial charge in [-0.2, -0.15) is 9.78 Å². The summed E-state index contributed by atoms with van der Waals surface area (Å²) in [4.78, 5) is 25.5. The second-order valence-electron chi connectivity index (χ2n) is 8.85. The summed E-state index contributed by atoms with van der Waals surface area (Å²) in [5, 5.41) is 21.5. The van der Waals surface area contributed by atoms with E-state index in [1.807, 2.05) is 6.07 Å². The molecule has 2 aliphatic rings. The van der Waals surface area contributed by atoms with Crippen molar-refractivity contribution in [1.29, 1.82) is 0 Å². The van der Waals surface area contributed by atoms with Gasteiger partial charge in [0.25, 0.3) is 5.91 Å². The van der Waals surface area contributed by atoms with Gasteiger partial charge >= 0.3 is 6.03 Å². The molecule has 0 spiro atoms. The number of hydrogen-bond donors (Lipinski definition) is 3. The molecule has 5 rings (SSSR count). The van der Waals surface area contributed by atoms with Gasteiger partial charge in [0.2, 0.25) is 0 Å². The van der Waals surface area contributed by atoms with Gasteiger partial charge in [0.1, 0.15) is 5.75 Å². The Labute approximate surface area is 207 Å². The van der Waals surface area contributed by atoms with Gasteiger partial charge < -0.3 is 15.7 Å². The Morgan fingerprint density at radius 2 is 1.71 bits per heavy atom. The molecule has 0 radical (unpaired) electrons. The van der Waals surface area contributed by atoms with E-state index in [4.69, 9.17) is 23.2 Å². The number of phenols is 1. The molecule has 0 atom stereocenters. The third-order valence-corrected chi connectivity index (χ3v) is 6.96. The maximum absolute atomic E-state index is 12.8. The summed E-state index contributed by atoms with van der Waals surface area (Å²) in [6, 6.07) is 11.5. The van der Waals surface area contributed by atoms with E-state index in [-0.39, 0.29) is 39.3 Å². The molecule has 2 fully saturated rings. The highest BCUT2D eigenvalue weighted by atomic mass is 35.5. The molecular weight excluding hydrogens is 475 g/mol. The molecule has 2 aliphatic carbocycles. The quantitative estimate of drug-likeness (QED) is 0.390. The van der Waals surface area contributed by atoms with Crippen LogP contribution in [0.1, 0.15) is 60.5 Å². The molecule has 2 saturated carbocycles. The third kappa shape index (κ3) is 4.63. The number of aromatic nitrogens is 2. The number of nitrogens with zero attached hydrogens (tertiary/aromatic N) is 2. The minimum Gasteiger partial charge on any atom is -0.507 e. The topological polar surface area (TPSA) is 96.3 Å². The van der Waals surface area contributed by atoms with Crippen LogP contribution in [0.2, 0.25) is 10.0 Å². The molecule has 176 valence electrons. The molecule has 0 unspecified atom stereocenters. The highest BCUT2D eigenvalue weighted by molar-refractivity contribution is 6.40. The summed E-state index contributed by atoms with van der Waals surface area (Å²) < 4.78 is 1.46. The van der Waals surface area contributed by atoms with E-state index in [1.54, 1.807) is 30.3 Å². The van der Waals surface area contributed by atoms with Crippen molar-refractivity contribution in [3.05, 3.63) is 63.8 Å². The molecule has 9 heteroatoms. The van der Waals surface area contributed by atoms with Gasteiger partial charge in [0.05, 0.1) is 27.0 Å². The second kappa shape index (κ2) is 9.31. The lowest BCUT2D eigenvalue weighted by Gasteiger charge is -2.11. The summed E-state index contributed by atoms with van der Waals surface area (Å²) in [5.41, 5.74) is 2.40. The summed E-state index contributed by atoms with van der Waals surface area (Å²) in [5.74, 6) is -0.271. The fourth-order valence-electron chi connectivity index (χ4n) is 4.40.